The maximum Gasteiger partial charge on any atom is 0.308 e. The number of aliphatic carboxylic acids is 1. The molecule has 1 saturated heterocycles. The highest BCUT2D eigenvalue weighted by Crippen LogP contribution is 2.36. The molecule has 1 aliphatic heterocycles. The molecule has 2 N–H and O–H groups in total. The Bertz CT molecular complexity index is 1070. The van der Waals surface area contributed by atoms with Gasteiger partial charge in [0, 0.05) is 17.9 Å². The van der Waals surface area contributed by atoms with E-state index in [1.165, 1.54) is 12.8 Å². The van der Waals surface area contributed by atoms with Crippen LogP contribution >= 0.6 is 0 Å². The Kier molecular flexibility index (Phi) is 7.71. The minimum absolute atomic E-state index is 0.268. The molecule has 2 aromatic rings. The molecule has 2 fully saturated rings. The maximum atomic E-state index is 11.7. The molecule has 1 heterocycles. The van der Waals surface area contributed by atoms with Crippen LogP contribution in [0.3, 0.4) is 0 Å². The predicted molar refractivity (Wildman–Crippen MR) is 129 cm³/mol. The van der Waals surface area contributed by atoms with Gasteiger partial charge in [-0.1, -0.05) is 25.0 Å². The van der Waals surface area contributed by atoms with Gasteiger partial charge in [0.2, 0.25) is 0 Å². The minimum atomic E-state index is -0.803. The van der Waals surface area contributed by atoms with Crippen LogP contribution in [0, 0.1) is 24.2 Å². The zero-order valence-corrected chi connectivity index (χ0v) is 19.8. The van der Waals surface area contributed by atoms with Crippen molar-refractivity contribution in [1.82, 2.24) is 0 Å². The molecule has 2 unspecified atom stereocenters. The molecular formula is C27H32N2O5. The van der Waals surface area contributed by atoms with Gasteiger partial charge >= 0.3 is 5.97 Å². The van der Waals surface area contributed by atoms with E-state index in [1.54, 1.807) is 13.2 Å². The van der Waals surface area contributed by atoms with Gasteiger partial charge in [-0.05, 0) is 61.1 Å². The van der Waals surface area contributed by atoms with E-state index >= 15 is 0 Å². The number of benzene rings is 2. The average molecular weight is 465 g/mol. The van der Waals surface area contributed by atoms with Crippen LogP contribution in [0.4, 0.5) is 5.69 Å². The SMILES string of the molecule is COc1c(C#N)ccc(-c2ccc(NC3COCCC3C(=O)O)cc2COC2CCCC2)c1C. The van der Waals surface area contributed by atoms with Gasteiger partial charge in [-0.25, -0.2) is 0 Å². The summed E-state index contributed by atoms with van der Waals surface area (Å²) >= 11 is 0. The summed E-state index contributed by atoms with van der Waals surface area (Å²) in [4.78, 5) is 11.7. The van der Waals surface area contributed by atoms with Crippen molar-refractivity contribution in [3.63, 3.8) is 0 Å². The van der Waals surface area contributed by atoms with Gasteiger partial charge in [0.15, 0.2) is 0 Å². The second kappa shape index (κ2) is 10.9. The van der Waals surface area contributed by atoms with Crippen molar-refractivity contribution >= 4 is 11.7 Å². The monoisotopic (exact) mass is 464 g/mol. The van der Waals surface area contributed by atoms with Crippen LogP contribution in [0.1, 0.15) is 48.8 Å². The first-order chi connectivity index (χ1) is 16.5. The van der Waals surface area contributed by atoms with Crippen LogP contribution in [0.15, 0.2) is 30.3 Å². The van der Waals surface area contributed by atoms with Crippen molar-refractivity contribution in [2.24, 2.45) is 5.92 Å². The van der Waals surface area contributed by atoms with E-state index in [-0.39, 0.29) is 12.1 Å². The highest BCUT2D eigenvalue weighted by Gasteiger charge is 2.31. The number of nitrogens with zero attached hydrogens (tertiary/aromatic N) is 1. The summed E-state index contributed by atoms with van der Waals surface area (Å²) in [6.45, 7) is 3.24. The second-order valence-corrected chi connectivity index (χ2v) is 9.08. The molecule has 7 heteroatoms. The smallest absolute Gasteiger partial charge is 0.308 e. The lowest BCUT2D eigenvalue weighted by Gasteiger charge is -2.30. The fourth-order valence-electron chi connectivity index (χ4n) is 5.05. The van der Waals surface area contributed by atoms with Gasteiger partial charge in [-0.2, -0.15) is 5.26 Å². The van der Waals surface area contributed by atoms with E-state index in [2.05, 4.69) is 11.4 Å². The van der Waals surface area contributed by atoms with E-state index < -0.39 is 11.9 Å². The summed E-state index contributed by atoms with van der Waals surface area (Å²) in [6.07, 6.45) is 5.32. The molecule has 4 rings (SSSR count). The zero-order valence-electron chi connectivity index (χ0n) is 19.8. The first-order valence-corrected chi connectivity index (χ1v) is 11.9. The fourth-order valence-corrected chi connectivity index (χ4v) is 5.05. The predicted octanol–water partition coefficient (Wildman–Crippen LogP) is 4.90. The number of carboxylic acid groups (broad SMARTS) is 1. The highest BCUT2D eigenvalue weighted by atomic mass is 16.5. The van der Waals surface area contributed by atoms with Gasteiger partial charge < -0.3 is 24.6 Å². The number of methoxy groups -OCH3 is 1. The first kappa shape index (κ1) is 24.1. The third-order valence-electron chi connectivity index (χ3n) is 6.93. The Hall–Kier alpha value is -3.08. The Balaban J connectivity index is 1.67. The van der Waals surface area contributed by atoms with E-state index in [1.807, 2.05) is 31.2 Å². The van der Waals surface area contributed by atoms with Crippen molar-refractivity contribution in [3.8, 4) is 22.9 Å². The Morgan fingerprint density at radius 2 is 1.97 bits per heavy atom. The van der Waals surface area contributed by atoms with Crippen LogP contribution in [-0.2, 0) is 20.9 Å². The number of ether oxygens (including phenoxy) is 3. The van der Waals surface area contributed by atoms with Crippen LogP contribution in [-0.4, -0.2) is 43.5 Å². The van der Waals surface area contributed by atoms with E-state index in [0.29, 0.717) is 37.6 Å². The average Bonchev–Trinajstić information content (AvgIpc) is 3.37. The molecule has 180 valence electrons. The molecule has 1 aliphatic carbocycles. The molecule has 0 radical (unpaired) electrons. The number of anilines is 1. The van der Waals surface area contributed by atoms with Gasteiger partial charge in [0.05, 0.1) is 44.0 Å². The van der Waals surface area contributed by atoms with Crippen molar-refractivity contribution in [2.45, 2.75) is 57.8 Å². The lowest BCUT2D eigenvalue weighted by Crippen LogP contribution is -2.42. The summed E-state index contributed by atoms with van der Waals surface area (Å²) in [5, 5.41) is 22.4. The molecule has 1 saturated carbocycles. The second-order valence-electron chi connectivity index (χ2n) is 9.08. The number of carboxylic acids is 1. The number of nitriles is 1. The molecule has 0 aromatic heterocycles. The number of rotatable bonds is 8. The highest BCUT2D eigenvalue weighted by molar-refractivity contribution is 5.77. The lowest BCUT2D eigenvalue weighted by molar-refractivity contribution is -0.145. The Labute approximate surface area is 200 Å². The quantitative estimate of drug-likeness (QED) is 0.573. The molecule has 2 atom stereocenters. The molecule has 0 amide bonds. The van der Waals surface area contributed by atoms with Crippen LogP contribution in [0.5, 0.6) is 5.75 Å². The van der Waals surface area contributed by atoms with Crippen molar-refractivity contribution < 1.29 is 24.1 Å². The van der Waals surface area contributed by atoms with Gasteiger partial charge in [-0.3, -0.25) is 4.79 Å². The molecule has 7 nitrogen and oxygen atoms in total. The van der Waals surface area contributed by atoms with Gasteiger partial charge in [0.1, 0.15) is 11.8 Å². The molecule has 34 heavy (non-hydrogen) atoms. The van der Waals surface area contributed by atoms with E-state index in [9.17, 15) is 15.2 Å². The summed E-state index contributed by atoms with van der Waals surface area (Å²) in [5.41, 5.74) is 5.25. The number of carbonyl (C=O) groups is 1. The normalized spacial score (nSPS) is 20.6. The van der Waals surface area contributed by atoms with Crippen LogP contribution in [0.25, 0.3) is 11.1 Å². The third-order valence-corrected chi connectivity index (χ3v) is 6.93. The third kappa shape index (κ3) is 5.19. The molecular weight excluding hydrogens is 432 g/mol. The summed E-state index contributed by atoms with van der Waals surface area (Å²) < 4.78 is 17.3. The topological polar surface area (TPSA) is 101 Å². The first-order valence-electron chi connectivity index (χ1n) is 11.9. The molecule has 2 aliphatic rings. The van der Waals surface area contributed by atoms with Gasteiger partial charge in [0.25, 0.3) is 0 Å². The van der Waals surface area contributed by atoms with Crippen molar-refractivity contribution in [3.05, 3.63) is 47.0 Å². The largest absolute Gasteiger partial charge is 0.495 e. The minimum Gasteiger partial charge on any atom is -0.495 e. The summed E-state index contributed by atoms with van der Waals surface area (Å²) in [5.74, 6) is -0.715. The van der Waals surface area contributed by atoms with Crippen molar-refractivity contribution in [2.75, 3.05) is 25.6 Å². The fraction of sp³-hybridized carbons (Fsp3) is 0.481. The summed E-state index contributed by atoms with van der Waals surface area (Å²) in [6, 6.07) is 11.7. The number of hydrogen-bond acceptors (Lipinski definition) is 6. The van der Waals surface area contributed by atoms with E-state index in [0.717, 1.165) is 40.8 Å². The van der Waals surface area contributed by atoms with E-state index in [4.69, 9.17) is 14.2 Å². The Morgan fingerprint density at radius 3 is 2.68 bits per heavy atom. The van der Waals surface area contributed by atoms with Gasteiger partial charge in [-0.15, -0.1) is 0 Å². The molecule has 2 aromatic carbocycles. The lowest BCUT2D eigenvalue weighted by atomic mass is 9.92. The van der Waals surface area contributed by atoms with Crippen LogP contribution in [0.2, 0.25) is 0 Å². The maximum absolute atomic E-state index is 11.7. The molecule has 0 bridgehead atoms. The van der Waals surface area contributed by atoms with Crippen LogP contribution < -0.4 is 10.1 Å². The number of nitrogens with one attached hydrogen (secondary N) is 1. The zero-order chi connectivity index (χ0) is 24.1. The number of hydrogen-bond donors (Lipinski definition) is 2. The summed E-state index contributed by atoms with van der Waals surface area (Å²) in [7, 11) is 1.58. The standard InChI is InChI=1S/C27H32N2O5/c1-17-22(9-7-18(14-28)26(17)32-2)23-10-8-20(13-19(23)15-34-21-5-3-4-6-21)29-25-16-33-12-11-24(25)27(30)31/h7-10,13,21,24-25,29H,3-6,11-12,15-16H2,1-2H3,(H,30,31). The van der Waals surface area contributed by atoms with Crippen molar-refractivity contribution in [1.29, 1.82) is 5.26 Å². The molecule has 0 spiro atoms. The Morgan fingerprint density at radius 1 is 1.21 bits per heavy atom.